The van der Waals surface area contributed by atoms with Crippen LogP contribution < -0.4 is 19.2 Å². The smallest absolute Gasteiger partial charge is 0.271 e. The average molecular weight is 620 g/mol. The Labute approximate surface area is 258 Å². The van der Waals surface area contributed by atoms with Crippen molar-refractivity contribution in [2.75, 3.05) is 17.2 Å². The van der Waals surface area contributed by atoms with Crippen LogP contribution in [-0.4, -0.2) is 33.4 Å². The molecule has 0 heterocycles. The van der Waals surface area contributed by atoms with E-state index in [2.05, 4.69) is 10.5 Å². The molecule has 10 heteroatoms. The van der Waals surface area contributed by atoms with Crippen LogP contribution in [0.25, 0.3) is 0 Å². The summed E-state index contributed by atoms with van der Waals surface area (Å²) < 4.78 is 38.1. The van der Waals surface area contributed by atoms with Gasteiger partial charge in [-0.3, -0.25) is 9.10 Å². The van der Waals surface area contributed by atoms with Crippen LogP contribution in [0.1, 0.15) is 45.1 Å². The third-order valence-corrected chi connectivity index (χ3v) is 8.03. The molecule has 0 radical (unpaired) electrons. The van der Waals surface area contributed by atoms with Crippen LogP contribution in [0.15, 0.2) is 90.0 Å². The van der Waals surface area contributed by atoms with Gasteiger partial charge in [-0.2, -0.15) is 5.10 Å². The summed E-state index contributed by atoms with van der Waals surface area (Å²) in [6, 6.07) is 25.1. The fraction of sp³-hybridized carbons (Fsp3) is 0.212. The monoisotopic (exact) mass is 619 g/mol. The van der Waals surface area contributed by atoms with E-state index in [9.17, 15) is 13.2 Å². The van der Waals surface area contributed by atoms with Gasteiger partial charge in [0, 0.05) is 10.6 Å². The van der Waals surface area contributed by atoms with Gasteiger partial charge in [-0.25, -0.2) is 13.8 Å². The van der Waals surface area contributed by atoms with Gasteiger partial charge in [0.1, 0.15) is 6.61 Å². The number of carbonyl (C=O) groups excluding carboxylic acids is 1. The minimum absolute atomic E-state index is 0.141. The molecule has 0 unspecified atom stereocenters. The molecule has 0 aliphatic heterocycles. The molecule has 1 amide bonds. The van der Waals surface area contributed by atoms with Crippen molar-refractivity contribution in [1.29, 1.82) is 0 Å². The van der Waals surface area contributed by atoms with Crippen molar-refractivity contribution in [2.24, 2.45) is 5.10 Å². The van der Waals surface area contributed by atoms with Gasteiger partial charge in [-0.1, -0.05) is 41.9 Å². The van der Waals surface area contributed by atoms with Crippen LogP contribution in [0.3, 0.4) is 0 Å². The van der Waals surface area contributed by atoms with Gasteiger partial charge < -0.3 is 9.47 Å². The van der Waals surface area contributed by atoms with E-state index in [4.69, 9.17) is 21.1 Å². The second-order valence-corrected chi connectivity index (χ2v) is 12.3. The number of nitrogens with zero attached hydrogens (tertiary/aromatic N) is 2. The second-order valence-electron chi connectivity index (χ2n) is 9.99. The first kappa shape index (κ1) is 31.6. The average Bonchev–Trinajstić information content (AvgIpc) is 2.97. The predicted molar refractivity (Wildman–Crippen MR) is 172 cm³/mol. The maximum Gasteiger partial charge on any atom is 0.271 e. The zero-order valence-corrected chi connectivity index (χ0v) is 26.1. The molecule has 0 bridgehead atoms. The highest BCUT2D eigenvalue weighted by atomic mass is 35.5. The van der Waals surface area contributed by atoms with Gasteiger partial charge in [0.2, 0.25) is 10.0 Å². The Kier molecular flexibility index (Phi) is 10.4. The number of anilines is 1. The molecule has 4 aromatic rings. The van der Waals surface area contributed by atoms with Crippen molar-refractivity contribution < 1.29 is 22.7 Å². The van der Waals surface area contributed by atoms with Gasteiger partial charge in [0.15, 0.2) is 11.5 Å². The lowest BCUT2D eigenvalue weighted by Crippen LogP contribution is -2.29. The molecule has 0 aromatic heterocycles. The first-order chi connectivity index (χ1) is 20.5. The molecule has 4 rings (SSSR count). The van der Waals surface area contributed by atoms with Crippen molar-refractivity contribution in [3.63, 3.8) is 0 Å². The van der Waals surface area contributed by atoms with E-state index in [0.717, 1.165) is 22.3 Å². The summed E-state index contributed by atoms with van der Waals surface area (Å²) in [5.74, 6) is 0.734. The molecular formula is C33H34ClN3O5S. The number of halogens is 1. The highest BCUT2D eigenvalue weighted by molar-refractivity contribution is 7.92. The molecule has 224 valence electrons. The summed E-state index contributed by atoms with van der Waals surface area (Å²) in [6.07, 6.45) is 2.70. The van der Waals surface area contributed by atoms with Crippen LogP contribution in [0.5, 0.6) is 11.5 Å². The minimum atomic E-state index is -3.52. The molecule has 0 saturated carbocycles. The number of rotatable bonds is 12. The van der Waals surface area contributed by atoms with E-state index in [1.54, 1.807) is 48.5 Å². The summed E-state index contributed by atoms with van der Waals surface area (Å²) in [6.45, 7) is 6.73. The third kappa shape index (κ3) is 8.83. The second kappa shape index (κ2) is 14.2. The van der Waals surface area contributed by atoms with Crippen molar-refractivity contribution in [1.82, 2.24) is 5.43 Å². The first-order valence-electron chi connectivity index (χ1n) is 13.6. The molecule has 0 atom stereocenters. The zero-order chi connectivity index (χ0) is 31.0. The Balaban J connectivity index is 1.38. The number of sulfonamides is 1. The Morgan fingerprint density at radius 1 is 0.907 bits per heavy atom. The number of ether oxygens (including phenoxy) is 2. The van der Waals surface area contributed by atoms with Crippen LogP contribution in [0, 0.1) is 13.8 Å². The standard InChI is InChI=1S/C33H34ClN3O5S/c1-5-41-32-19-26(12-16-31(32)42-22-27-7-6-8-29(34)18-27)20-35-36-33(38)28-13-10-25(11-14-28)21-37(43(4,39)40)30-15-9-23(2)24(3)17-30/h6-20H,5,21-22H2,1-4H3,(H,36,38)/b35-20-. The van der Waals surface area contributed by atoms with Gasteiger partial charge in [0.25, 0.3) is 5.91 Å². The van der Waals surface area contributed by atoms with Crippen LogP contribution in [0.4, 0.5) is 5.69 Å². The number of hydrogen-bond donors (Lipinski definition) is 1. The zero-order valence-electron chi connectivity index (χ0n) is 24.5. The molecule has 0 aliphatic carbocycles. The number of carbonyl (C=O) groups is 1. The highest BCUT2D eigenvalue weighted by Crippen LogP contribution is 2.29. The van der Waals surface area contributed by atoms with Crippen molar-refractivity contribution in [2.45, 2.75) is 33.9 Å². The Morgan fingerprint density at radius 2 is 1.67 bits per heavy atom. The highest BCUT2D eigenvalue weighted by Gasteiger charge is 2.19. The molecule has 0 aliphatic rings. The number of aryl methyl sites for hydroxylation is 2. The van der Waals surface area contributed by atoms with Gasteiger partial charge >= 0.3 is 0 Å². The Bertz CT molecular complexity index is 1720. The van der Waals surface area contributed by atoms with Crippen molar-refractivity contribution >= 4 is 39.4 Å². The van der Waals surface area contributed by atoms with E-state index < -0.39 is 15.9 Å². The van der Waals surface area contributed by atoms with E-state index >= 15 is 0 Å². The number of amides is 1. The molecule has 4 aromatic carbocycles. The topological polar surface area (TPSA) is 97.3 Å². The molecule has 0 saturated heterocycles. The maximum atomic E-state index is 12.7. The van der Waals surface area contributed by atoms with Crippen molar-refractivity contribution in [3.05, 3.63) is 123 Å². The van der Waals surface area contributed by atoms with E-state index in [1.165, 1.54) is 16.8 Å². The van der Waals surface area contributed by atoms with Crippen molar-refractivity contribution in [3.8, 4) is 11.5 Å². The van der Waals surface area contributed by atoms with Gasteiger partial charge in [-0.15, -0.1) is 0 Å². The van der Waals surface area contributed by atoms with Gasteiger partial charge in [-0.05, 0) is 103 Å². The van der Waals surface area contributed by atoms with Crippen LogP contribution in [0.2, 0.25) is 5.02 Å². The molecule has 1 N–H and O–H groups in total. The summed E-state index contributed by atoms with van der Waals surface area (Å²) in [5.41, 5.74) is 7.98. The van der Waals surface area contributed by atoms with Crippen LogP contribution in [-0.2, 0) is 23.2 Å². The minimum Gasteiger partial charge on any atom is -0.490 e. The molecule has 8 nitrogen and oxygen atoms in total. The molecule has 0 fully saturated rings. The summed E-state index contributed by atoms with van der Waals surface area (Å²) >= 11 is 6.06. The van der Waals surface area contributed by atoms with E-state index in [1.807, 2.05) is 57.2 Å². The normalized spacial score (nSPS) is 11.4. The Morgan fingerprint density at radius 3 is 2.35 bits per heavy atom. The number of hydrazone groups is 1. The van der Waals surface area contributed by atoms with E-state index in [-0.39, 0.29) is 6.54 Å². The molecular weight excluding hydrogens is 586 g/mol. The molecule has 0 spiro atoms. The third-order valence-electron chi connectivity index (χ3n) is 6.65. The fourth-order valence-corrected chi connectivity index (χ4v) is 5.31. The lowest BCUT2D eigenvalue weighted by atomic mass is 10.1. The number of hydrogen-bond acceptors (Lipinski definition) is 6. The lowest BCUT2D eigenvalue weighted by Gasteiger charge is -2.23. The molecule has 43 heavy (non-hydrogen) atoms. The first-order valence-corrected chi connectivity index (χ1v) is 15.9. The summed E-state index contributed by atoms with van der Waals surface area (Å²) in [7, 11) is -3.52. The Hall–Kier alpha value is -4.34. The largest absolute Gasteiger partial charge is 0.490 e. The quantitative estimate of drug-likeness (QED) is 0.141. The van der Waals surface area contributed by atoms with Crippen LogP contribution >= 0.6 is 11.6 Å². The SMILES string of the molecule is CCOc1cc(/C=N\NC(=O)c2ccc(CN(c3ccc(C)c(C)c3)S(C)(=O)=O)cc2)ccc1OCc1cccc(Cl)c1. The maximum absolute atomic E-state index is 12.7. The predicted octanol–water partition coefficient (Wildman–Crippen LogP) is 6.66. The van der Waals surface area contributed by atoms with E-state index in [0.29, 0.717) is 46.5 Å². The van der Waals surface area contributed by atoms with Gasteiger partial charge in [0.05, 0.1) is 31.3 Å². The number of nitrogens with one attached hydrogen (secondary N) is 1. The number of benzene rings is 4. The lowest BCUT2D eigenvalue weighted by molar-refractivity contribution is 0.0955. The summed E-state index contributed by atoms with van der Waals surface area (Å²) in [5, 5.41) is 4.73. The summed E-state index contributed by atoms with van der Waals surface area (Å²) in [4.78, 5) is 12.7. The fourth-order valence-electron chi connectivity index (χ4n) is 4.22.